The van der Waals surface area contributed by atoms with Crippen LogP contribution in [0, 0.1) is 5.92 Å². The lowest BCUT2D eigenvalue weighted by Crippen LogP contribution is -2.14. The van der Waals surface area contributed by atoms with Crippen molar-refractivity contribution in [3.63, 3.8) is 0 Å². The molecule has 19 heavy (non-hydrogen) atoms. The normalized spacial score (nSPS) is 21.4. The number of nitrogens with one attached hydrogen (secondary N) is 1. The number of carboxylic acids is 1. The zero-order valence-corrected chi connectivity index (χ0v) is 11.6. The lowest BCUT2D eigenvalue weighted by molar-refractivity contribution is 0.0697. The fraction of sp³-hybridized carbons (Fsp3) is 0.429. The molecule has 0 aromatic heterocycles. The predicted octanol–water partition coefficient (Wildman–Crippen LogP) is 4.02. The SMILES string of the molecule is CC1CCC/C(=N/Nc2ccc(Cl)c(C(=O)O)c2)C1. The van der Waals surface area contributed by atoms with Gasteiger partial charge >= 0.3 is 5.97 Å². The van der Waals surface area contributed by atoms with E-state index in [1.165, 1.54) is 18.9 Å². The summed E-state index contributed by atoms with van der Waals surface area (Å²) < 4.78 is 0. The van der Waals surface area contributed by atoms with E-state index >= 15 is 0 Å². The summed E-state index contributed by atoms with van der Waals surface area (Å²) >= 11 is 5.81. The van der Waals surface area contributed by atoms with Crippen molar-refractivity contribution in [3.8, 4) is 0 Å². The molecule has 102 valence electrons. The summed E-state index contributed by atoms with van der Waals surface area (Å²) in [4.78, 5) is 11.0. The van der Waals surface area contributed by atoms with Crippen LogP contribution in [0.15, 0.2) is 23.3 Å². The minimum atomic E-state index is -1.03. The maximum atomic E-state index is 11.0. The Bertz CT molecular complexity index is 514. The van der Waals surface area contributed by atoms with Crippen LogP contribution in [0.3, 0.4) is 0 Å². The van der Waals surface area contributed by atoms with Gasteiger partial charge in [-0.25, -0.2) is 4.79 Å². The molecule has 0 aliphatic heterocycles. The van der Waals surface area contributed by atoms with Crippen molar-refractivity contribution in [2.24, 2.45) is 11.0 Å². The van der Waals surface area contributed by atoms with Gasteiger partial charge in [-0.2, -0.15) is 5.10 Å². The molecule has 0 amide bonds. The standard InChI is InChI=1S/C14H17ClN2O2/c1-9-3-2-4-10(7-9)16-17-11-5-6-13(15)12(8-11)14(18)19/h5-6,8-9,17H,2-4,7H2,1H3,(H,18,19)/b16-10-. The highest BCUT2D eigenvalue weighted by Gasteiger charge is 2.14. The molecule has 1 aromatic rings. The van der Waals surface area contributed by atoms with Crippen molar-refractivity contribution >= 4 is 29.0 Å². The second-order valence-corrected chi connectivity index (χ2v) is 5.40. The van der Waals surface area contributed by atoms with E-state index in [1.54, 1.807) is 12.1 Å². The van der Waals surface area contributed by atoms with Crippen LogP contribution in [0.2, 0.25) is 5.02 Å². The van der Waals surface area contributed by atoms with E-state index in [-0.39, 0.29) is 10.6 Å². The van der Waals surface area contributed by atoms with Gasteiger partial charge in [0.1, 0.15) is 0 Å². The molecule has 1 fully saturated rings. The third kappa shape index (κ3) is 3.70. The molecule has 4 nitrogen and oxygen atoms in total. The maximum Gasteiger partial charge on any atom is 0.337 e. The van der Waals surface area contributed by atoms with E-state index < -0.39 is 5.97 Å². The van der Waals surface area contributed by atoms with Gasteiger partial charge in [0.25, 0.3) is 0 Å². The highest BCUT2D eigenvalue weighted by molar-refractivity contribution is 6.33. The second-order valence-electron chi connectivity index (χ2n) is 4.99. The first-order valence-electron chi connectivity index (χ1n) is 6.40. The summed E-state index contributed by atoms with van der Waals surface area (Å²) in [6.07, 6.45) is 4.44. The average Bonchev–Trinajstić information content (AvgIpc) is 2.37. The molecule has 0 radical (unpaired) electrons. The number of hydrazone groups is 1. The minimum absolute atomic E-state index is 0.0869. The third-order valence-corrected chi connectivity index (χ3v) is 3.62. The number of nitrogens with zero attached hydrogens (tertiary/aromatic N) is 1. The number of benzene rings is 1. The van der Waals surface area contributed by atoms with Gasteiger partial charge in [0.2, 0.25) is 0 Å². The van der Waals surface area contributed by atoms with Gasteiger partial charge in [0.15, 0.2) is 0 Å². The van der Waals surface area contributed by atoms with Gasteiger partial charge in [-0.3, -0.25) is 5.43 Å². The van der Waals surface area contributed by atoms with Crippen LogP contribution in [0.5, 0.6) is 0 Å². The molecule has 2 N–H and O–H groups in total. The zero-order valence-electron chi connectivity index (χ0n) is 10.8. The van der Waals surface area contributed by atoms with Crippen molar-refractivity contribution in [1.29, 1.82) is 0 Å². The Balaban J connectivity index is 2.09. The highest BCUT2D eigenvalue weighted by Crippen LogP contribution is 2.23. The molecule has 0 heterocycles. The Kier molecular flexibility index (Phi) is 4.43. The van der Waals surface area contributed by atoms with Gasteiger partial charge in [-0.1, -0.05) is 18.5 Å². The number of hydrogen-bond donors (Lipinski definition) is 2. The molecule has 5 heteroatoms. The number of carbonyl (C=O) groups is 1. The number of hydrogen-bond acceptors (Lipinski definition) is 3. The van der Waals surface area contributed by atoms with Crippen molar-refractivity contribution in [2.75, 3.05) is 5.43 Å². The first kappa shape index (κ1) is 13.9. The van der Waals surface area contributed by atoms with Crippen LogP contribution in [0.1, 0.15) is 43.0 Å². The second kappa shape index (κ2) is 6.06. The molecule has 0 spiro atoms. The summed E-state index contributed by atoms with van der Waals surface area (Å²) in [5.41, 5.74) is 4.80. The molecule has 2 rings (SSSR count). The van der Waals surface area contributed by atoms with Crippen LogP contribution < -0.4 is 5.43 Å². The first-order chi connectivity index (χ1) is 9.06. The van der Waals surface area contributed by atoms with Crippen LogP contribution in [0.4, 0.5) is 5.69 Å². The number of anilines is 1. The fourth-order valence-electron chi connectivity index (χ4n) is 2.26. The Morgan fingerprint density at radius 2 is 2.32 bits per heavy atom. The summed E-state index contributed by atoms with van der Waals surface area (Å²) in [6, 6.07) is 4.79. The van der Waals surface area contributed by atoms with Gasteiger partial charge in [-0.15, -0.1) is 0 Å². The van der Waals surface area contributed by atoms with Gasteiger partial charge in [0, 0.05) is 5.71 Å². The highest BCUT2D eigenvalue weighted by atomic mass is 35.5. The van der Waals surface area contributed by atoms with E-state index in [9.17, 15) is 4.79 Å². The topological polar surface area (TPSA) is 61.7 Å². The average molecular weight is 281 g/mol. The fourth-order valence-corrected chi connectivity index (χ4v) is 2.46. The molecule has 1 atom stereocenters. The quantitative estimate of drug-likeness (QED) is 0.822. The summed E-state index contributed by atoms with van der Waals surface area (Å²) in [5, 5.41) is 13.6. The molecule has 1 aromatic carbocycles. The molecule has 0 bridgehead atoms. The number of halogens is 1. The summed E-state index contributed by atoms with van der Waals surface area (Å²) in [5.74, 6) is -0.360. The maximum absolute atomic E-state index is 11.0. The Morgan fingerprint density at radius 3 is 3.00 bits per heavy atom. The van der Waals surface area contributed by atoms with Crippen LogP contribution in [-0.4, -0.2) is 16.8 Å². The third-order valence-electron chi connectivity index (χ3n) is 3.29. The Morgan fingerprint density at radius 1 is 1.53 bits per heavy atom. The van der Waals surface area contributed by atoms with Crippen molar-refractivity contribution in [3.05, 3.63) is 28.8 Å². The number of rotatable bonds is 3. The van der Waals surface area contributed by atoms with Crippen molar-refractivity contribution in [1.82, 2.24) is 0 Å². The Labute approximate surface area is 117 Å². The summed E-state index contributed by atoms with van der Waals surface area (Å²) in [7, 11) is 0. The van der Waals surface area contributed by atoms with Crippen LogP contribution in [-0.2, 0) is 0 Å². The molecular weight excluding hydrogens is 264 g/mol. The van der Waals surface area contributed by atoms with E-state index in [1.807, 2.05) is 0 Å². The predicted molar refractivity (Wildman–Crippen MR) is 77.1 cm³/mol. The Hall–Kier alpha value is -1.55. The smallest absolute Gasteiger partial charge is 0.337 e. The van der Waals surface area contributed by atoms with E-state index in [0.29, 0.717) is 11.6 Å². The monoisotopic (exact) mass is 280 g/mol. The lowest BCUT2D eigenvalue weighted by Gasteiger charge is -2.19. The van der Waals surface area contributed by atoms with Gasteiger partial charge in [-0.05, 0) is 49.8 Å². The lowest BCUT2D eigenvalue weighted by atomic mass is 9.89. The van der Waals surface area contributed by atoms with Gasteiger partial charge < -0.3 is 5.11 Å². The molecule has 1 aliphatic carbocycles. The summed E-state index contributed by atoms with van der Waals surface area (Å²) in [6.45, 7) is 2.22. The van der Waals surface area contributed by atoms with Crippen LogP contribution in [0.25, 0.3) is 0 Å². The molecular formula is C14H17ClN2O2. The van der Waals surface area contributed by atoms with E-state index in [4.69, 9.17) is 16.7 Å². The molecule has 1 saturated carbocycles. The number of carboxylic acid groups (broad SMARTS) is 1. The molecule has 0 saturated heterocycles. The molecule has 1 aliphatic rings. The van der Waals surface area contributed by atoms with Gasteiger partial charge in [0.05, 0.1) is 16.3 Å². The minimum Gasteiger partial charge on any atom is -0.478 e. The molecule has 1 unspecified atom stereocenters. The zero-order chi connectivity index (χ0) is 13.8. The first-order valence-corrected chi connectivity index (χ1v) is 6.78. The largest absolute Gasteiger partial charge is 0.478 e. The van der Waals surface area contributed by atoms with Crippen LogP contribution >= 0.6 is 11.6 Å². The van der Waals surface area contributed by atoms with Crippen molar-refractivity contribution in [2.45, 2.75) is 32.6 Å². The number of aromatic carboxylic acids is 1. The van der Waals surface area contributed by atoms with E-state index in [2.05, 4.69) is 17.5 Å². The van der Waals surface area contributed by atoms with E-state index in [0.717, 1.165) is 18.6 Å². The van der Waals surface area contributed by atoms with Crippen molar-refractivity contribution < 1.29 is 9.90 Å².